The number of carbonyl (C=O) groups is 1. The number of hydrogen-bond donors (Lipinski definition) is 0. The summed E-state index contributed by atoms with van der Waals surface area (Å²) in [5.41, 5.74) is -0.396. The fourth-order valence-corrected chi connectivity index (χ4v) is 2.91. The summed E-state index contributed by atoms with van der Waals surface area (Å²) in [6.45, 7) is 15.3. The summed E-state index contributed by atoms with van der Waals surface area (Å²) in [4.78, 5) is 14.0. The van der Waals surface area contributed by atoms with Gasteiger partial charge in [-0.25, -0.2) is 4.79 Å². The lowest BCUT2D eigenvalue weighted by Gasteiger charge is -2.36. The van der Waals surface area contributed by atoms with Gasteiger partial charge in [0.25, 0.3) is 0 Å². The molecule has 0 aromatic carbocycles. The topological polar surface area (TPSA) is 29.5 Å². The minimum atomic E-state index is -0.396. The molecule has 0 atom stereocenters. The molecule has 1 fully saturated rings. The van der Waals surface area contributed by atoms with Gasteiger partial charge in [-0.15, -0.1) is 0 Å². The Labute approximate surface area is 145 Å². The second kappa shape index (κ2) is 11.8. The Balaban J connectivity index is 0.000000688. The molecule has 0 heterocycles. The lowest BCUT2D eigenvalue weighted by Crippen LogP contribution is -2.44. The quantitative estimate of drug-likeness (QED) is 0.546. The van der Waals surface area contributed by atoms with E-state index in [1.54, 1.807) is 0 Å². The average Bonchev–Trinajstić information content (AvgIpc) is 2.46. The Morgan fingerprint density at radius 1 is 1.00 bits per heavy atom. The Kier molecular flexibility index (Phi) is 11.4. The predicted molar refractivity (Wildman–Crippen MR) is 99.9 cm³/mol. The molecule has 0 aliphatic heterocycles. The summed E-state index contributed by atoms with van der Waals surface area (Å²) in [6, 6.07) is 0.381. The number of unbranched alkanes of at least 4 members (excludes halogenated alkanes) is 3. The summed E-state index contributed by atoms with van der Waals surface area (Å²) in [5, 5.41) is 0. The summed E-state index contributed by atoms with van der Waals surface area (Å²) in [6.07, 6.45) is 10.1. The molecule has 0 spiro atoms. The van der Waals surface area contributed by atoms with Gasteiger partial charge in [0.1, 0.15) is 5.60 Å². The molecule has 0 aromatic rings. The minimum Gasteiger partial charge on any atom is -0.444 e. The first-order valence-corrected chi connectivity index (χ1v) is 9.74. The molecule has 0 aromatic heterocycles. The average molecular weight is 328 g/mol. The van der Waals surface area contributed by atoms with Crippen LogP contribution in [0, 0.1) is 5.92 Å². The van der Waals surface area contributed by atoms with Crippen molar-refractivity contribution in [3.8, 4) is 0 Å². The van der Waals surface area contributed by atoms with E-state index >= 15 is 0 Å². The Morgan fingerprint density at radius 2 is 1.48 bits per heavy atom. The first-order chi connectivity index (χ1) is 10.7. The zero-order valence-corrected chi connectivity index (χ0v) is 16.8. The predicted octanol–water partition coefficient (Wildman–Crippen LogP) is 6.41. The second-order valence-corrected chi connectivity index (χ2v) is 7.89. The van der Waals surface area contributed by atoms with Crippen LogP contribution < -0.4 is 0 Å². The third-order valence-corrected chi connectivity index (χ3v) is 4.35. The first kappa shape index (κ1) is 22.3. The van der Waals surface area contributed by atoms with Crippen LogP contribution in [0.1, 0.15) is 99.8 Å². The van der Waals surface area contributed by atoms with Gasteiger partial charge in [0.05, 0.1) is 0 Å². The number of amides is 1. The van der Waals surface area contributed by atoms with Crippen LogP contribution in [-0.4, -0.2) is 29.2 Å². The van der Waals surface area contributed by atoms with Crippen LogP contribution in [0.25, 0.3) is 0 Å². The number of nitrogens with zero attached hydrogens (tertiary/aromatic N) is 1. The molecular formula is C20H41NO2. The van der Waals surface area contributed by atoms with Gasteiger partial charge >= 0.3 is 6.09 Å². The van der Waals surface area contributed by atoms with Crippen LogP contribution in [0.4, 0.5) is 4.79 Å². The van der Waals surface area contributed by atoms with Crippen molar-refractivity contribution >= 4 is 6.09 Å². The molecular weight excluding hydrogens is 286 g/mol. The normalized spacial score (nSPS) is 21.2. The molecule has 0 saturated heterocycles. The van der Waals surface area contributed by atoms with Crippen molar-refractivity contribution < 1.29 is 9.53 Å². The van der Waals surface area contributed by atoms with Gasteiger partial charge in [-0.3, -0.25) is 0 Å². The summed E-state index contributed by atoms with van der Waals surface area (Å²) in [5.74, 6) is 0.809. The number of rotatable bonds is 5. The lowest BCUT2D eigenvalue weighted by atomic mass is 9.87. The van der Waals surface area contributed by atoms with Crippen molar-refractivity contribution in [3.05, 3.63) is 0 Å². The van der Waals surface area contributed by atoms with E-state index in [0.29, 0.717) is 6.04 Å². The molecule has 0 N–H and O–H groups in total. The van der Waals surface area contributed by atoms with Crippen LogP contribution in [0.3, 0.4) is 0 Å². The van der Waals surface area contributed by atoms with Crippen molar-refractivity contribution in [1.82, 2.24) is 4.90 Å². The monoisotopic (exact) mass is 327 g/mol. The van der Waals surface area contributed by atoms with Gasteiger partial charge in [-0.05, 0) is 59.3 Å². The molecule has 1 aliphatic carbocycles. The molecule has 23 heavy (non-hydrogen) atoms. The first-order valence-electron chi connectivity index (χ1n) is 9.74. The van der Waals surface area contributed by atoms with Crippen LogP contribution in [0.15, 0.2) is 0 Å². The van der Waals surface area contributed by atoms with Crippen molar-refractivity contribution in [3.63, 3.8) is 0 Å². The fraction of sp³-hybridized carbons (Fsp3) is 0.950. The second-order valence-electron chi connectivity index (χ2n) is 7.89. The molecule has 0 radical (unpaired) electrons. The molecule has 1 aliphatic rings. The van der Waals surface area contributed by atoms with Crippen molar-refractivity contribution in [2.45, 2.75) is 111 Å². The smallest absolute Gasteiger partial charge is 0.410 e. The van der Waals surface area contributed by atoms with E-state index in [9.17, 15) is 4.79 Å². The van der Waals surface area contributed by atoms with Crippen LogP contribution in [-0.2, 0) is 4.74 Å². The van der Waals surface area contributed by atoms with Gasteiger partial charge in [-0.2, -0.15) is 0 Å². The zero-order chi connectivity index (χ0) is 17.9. The van der Waals surface area contributed by atoms with Crippen LogP contribution in [0.5, 0.6) is 0 Å². The maximum Gasteiger partial charge on any atom is 0.410 e. The Morgan fingerprint density at radius 3 is 1.83 bits per heavy atom. The minimum absolute atomic E-state index is 0.153. The largest absolute Gasteiger partial charge is 0.444 e. The SMILES string of the molecule is CCCCCC.CCN(C(=O)OC(C)(C)C)C1CCC(C)CC1. The van der Waals surface area contributed by atoms with Crippen LogP contribution >= 0.6 is 0 Å². The molecule has 3 nitrogen and oxygen atoms in total. The third kappa shape index (κ3) is 10.6. The fourth-order valence-electron chi connectivity index (χ4n) is 2.91. The highest BCUT2D eigenvalue weighted by Gasteiger charge is 2.29. The van der Waals surface area contributed by atoms with Crippen molar-refractivity contribution in [2.75, 3.05) is 6.54 Å². The molecule has 138 valence electrons. The van der Waals surface area contributed by atoms with E-state index in [1.165, 1.54) is 38.5 Å². The summed E-state index contributed by atoms with van der Waals surface area (Å²) in [7, 11) is 0. The van der Waals surface area contributed by atoms with Crippen molar-refractivity contribution in [1.29, 1.82) is 0 Å². The van der Waals surface area contributed by atoms with Gasteiger partial charge in [0.2, 0.25) is 0 Å². The molecule has 0 bridgehead atoms. The van der Waals surface area contributed by atoms with E-state index in [1.807, 2.05) is 32.6 Å². The number of hydrogen-bond acceptors (Lipinski definition) is 2. The van der Waals surface area contributed by atoms with E-state index in [-0.39, 0.29) is 6.09 Å². The standard InChI is InChI=1S/C14H27NO2.C6H14/c1-6-15(13(16)17-14(3,4)5)12-9-7-11(2)8-10-12;1-3-5-6-4-2/h11-12H,6-10H2,1-5H3;3-6H2,1-2H3. The van der Waals surface area contributed by atoms with E-state index in [2.05, 4.69) is 20.8 Å². The maximum atomic E-state index is 12.1. The highest BCUT2D eigenvalue weighted by molar-refractivity contribution is 5.68. The van der Waals surface area contributed by atoms with Gasteiger partial charge in [0.15, 0.2) is 0 Å². The molecule has 1 amide bonds. The van der Waals surface area contributed by atoms with Crippen LogP contribution in [0.2, 0.25) is 0 Å². The van der Waals surface area contributed by atoms with Gasteiger partial charge < -0.3 is 9.64 Å². The maximum absolute atomic E-state index is 12.1. The molecule has 1 rings (SSSR count). The molecule has 1 saturated carbocycles. The highest BCUT2D eigenvalue weighted by atomic mass is 16.6. The highest BCUT2D eigenvalue weighted by Crippen LogP contribution is 2.27. The molecule has 3 heteroatoms. The summed E-state index contributed by atoms with van der Waals surface area (Å²) < 4.78 is 5.46. The van der Waals surface area contributed by atoms with E-state index < -0.39 is 5.60 Å². The zero-order valence-electron chi connectivity index (χ0n) is 16.8. The summed E-state index contributed by atoms with van der Waals surface area (Å²) >= 11 is 0. The van der Waals surface area contributed by atoms with Gasteiger partial charge in [-0.1, -0.05) is 46.5 Å². The Hall–Kier alpha value is -0.730. The van der Waals surface area contributed by atoms with Gasteiger partial charge in [0, 0.05) is 12.6 Å². The van der Waals surface area contributed by atoms with E-state index in [4.69, 9.17) is 4.74 Å². The lowest BCUT2D eigenvalue weighted by molar-refractivity contribution is 0.0121. The molecule has 0 unspecified atom stereocenters. The Bertz CT molecular complexity index is 297. The number of carbonyl (C=O) groups excluding carboxylic acids is 1. The van der Waals surface area contributed by atoms with E-state index in [0.717, 1.165) is 25.3 Å². The van der Waals surface area contributed by atoms with Crippen molar-refractivity contribution in [2.24, 2.45) is 5.92 Å². The number of ether oxygens (including phenoxy) is 1. The third-order valence-electron chi connectivity index (χ3n) is 4.35.